The molecule has 162 valence electrons. The lowest BCUT2D eigenvalue weighted by molar-refractivity contribution is -0.386. The zero-order valence-electron chi connectivity index (χ0n) is 17.7. The Hall–Kier alpha value is -3.49. The lowest BCUT2D eigenvalue weighted by Crippen LogP contribution is -2.39. The van der Waals surface area contributed by atoms with Crippen LogP contribution in [-0.2, 0) is 0 Å². The number of amides is 1. The molecule has 0 bridgehead atoms. The third-order valence-electron chi connectivity index (χ3n) is 4.64. The minimum atomic E-state index is -0.669. The van der Waals surface area contributed by atoms with Crippen molar-refractivity contribution in [2.45, 2.75) is 19.9 Å². The van der Waals surface area contributed by atoms with E-state index in [1.807, 2.05) is 44.2 Å². The van der Waals surface area contributed by atoms with E-state index in [4.69, 9.17) is 14.2 Å². The van der Waals surface area contributed by atoms with Gasteiger partial charge in [0, 0.05) is 24.3 Å². The summed E-state index contributed by atoms with van der Waals surface area (Å²) in [5.41, 5.74) is 0.269. The molecule has 1 amide bonds. The lowest BCUT2D eigenvalue weighted by Gasteiger charge is -2.24. The molecule has 1 atom stereocenters. The van der Waals surface area contributed by atoms with Gasteiger partial charge in [-0.15, -0.1) is 0 Å². The molecule has 2 aromatic rings. The first-order chi connectivity index (χ1) is 14.3. The van der Waals surface area contributed by atoms with Gasteiger partial charge < -0.3 is 24.8 Å². The molecule has 0 saturated heterocycles. The lowest BCUT2D eigenvalue weighted by atomic mass is 10.0. The van der Waals surface area contributed by atoms with Crippen LogP contribution in [-0.4, -0.2) is 44.7 Å². The summed E-state index contributed by atoms with van der Waals surface area (Å²) in [6.07, 6.45) is 0. The fraction of sp³-hybridized carbons (Fsp3) is 0.381. The highest BCUT2D eigenvalue weighted by molar-refractivity contribution is 6.00. The number of nitro benzene ring substituents is 1. The monoisotopic (exact) mass is 417 g/mol. The number of nitro groups is 1. The number of anilines is 1. The zero-order chi connectivity index (χ0) is 22.3. The van der Waals surface area contributed by atoms with Gasteiger partial charge in [0.05, 0.1) is 26.3 Å². The molecule has 2 aromatic carbocycles. The molecule has 0 aliphatic carbocycles. The normalized spacial score (nSPS) is 11.5. The van der Waals surface area contributed by atoms with E-state index in [0.717, 1.165) is 5.69 Å². The van der Waals surface area contributed by atoms with Crippen molar-refractivity contribution in [3.8, 4) is 17.2 Å². The number of rotatable bonds is 10. The van der Waals surface area contributed by atoms with Crippen molar-refractivity contribution < 1.29 is 23.9 Å². The van der Waals surface area contributed by atoms with Crippen molar-refractivity contribution in [2.75, 3.05) is 33.2 Å². The van der Waals surface area contributed by atoms with Gasteiger partial charge in [-0.1, -0.05) is 32.0 Å². The third kappa shape index (κ3) is 5.11. The fourth-order valence-electron chi connectivity index (χ4n) is 3.00. The Balaban J connectivity index is 2.31. The number of methoxy groups -OCH3 is 3. The number of carbonyl (C=O) groups excluding carboxylic acids is 1. The van der Waals surface area contributed by atoms with Crippen LogP contribution in [0.2, 0.25) is 0 Å². The van der Waals surface area contributed by atoms with Crippen molar-refractivity contribution in [1.29, 1.82) is 0 Å². The largest absolute Gasteiger partial charge is 0.493 e. The average molecular weight is 417 g/mol. The molecule has 2 N–H and O–H groups in total. The van der Waals surface area contributed by atoms with Gasteiger partial charge in [-0.3, -0.25) is 14.9 Å². The van der Waals surface area contributed by atoms with Crippen LogP contribution >= 0.6 is 0 Å². The maximum Gasteiger partial charge on any atom is 0.327 e. The number of hydrogen-bond acceptors (Lipinski definition) is 7. The molecule has 2 rings (SSSR count). The molecule has 0 heterocycles. The summed E-state index contributed by atoms with van der Waals surface area (Å²) >= 11 is 0. The summed E-state index contributed by atoms with van der Waals surface area (Å²) in [6, 6.07) is 10.8. The molecular formula is C21H27N3O6. The van der Waals surface area contributed by atoms with E-state index >= 15 is 0 Å². The Morgan fingerprint density at radius 1 is 1.07 bits per heavy atom. The summed E-state index contributed by atoms with van der Waals surface area (Å²) in [7, 11) is 3.99. The molecule has 9 nitrogen and oxygen atoms in total. The van der Waals surface area contributed by atoms with Crippen LogP contribution in [0.15, 0.2) is 36.4 Å². The summed E-state index contributed by atoms with van der Waals surface area (Å²) < 4.78 is 15.6. The molecule has 0 aromatic heterocycles. The Labute approximate surface area is 175 Å². The highest BCUT2D eigenvalue weighted by atomic mass is 16.6. The van der Waals surface area contributed by atoms with Crippen LogP contribution in [0.5, 0.6) is 17.2 Å². The van der Waals surface area contributed by atoms with Gasteiger partial charge >= 0.3 is 5.69 Å². The second kappa shape index (κ2) is 10.3. The van der Waals surface area contributed by atoms with E-state index in [-0.39, 0.29) is 41.3 Å². The van der Waals surface area contributed by atoms with Crippen LogP contribution < -0.4 is 24.8 Å². The molecule has 0 radical (unpaired) electrons. The van der Waals surface area contributed by atoms with Gasteiger partial charge in [0.1, 0.15) is 5.56 Å². The smallest absolute Gasteiger partial charge is 0.327 e. The molecule has 1 unspecified atom stereocenters. The van der Waals surface area contributed by atoms with Gasteiger partial charge in [-0.25, -0.2) is 0 Å². The molecule has 0 aliphatic heterocycles. The number of ether oxygens (including phenoxy) is 3. The minimum Gasteiger partial charge on any atom is -0.493 e. The maximum absolute atomic E-state index is 12.9. The van der Waals surface area contributed by atoms with E-state index in [0.29, 0.717) is 0 Å². The number of para-hydroxylation sites is 1. The van der Waals surface area contributed by atoms with E-state index in [1.165, 1.54) is 27.4 Å². The van der Waals surface area contributed by atoms with Gasteiger partial charge in [0.2, 0.25) is 11.5 Å². The van der Waals surface area contributed by atoms with Gasteiger partial charge in [-0.05, 0) is 18.1 Å². The van der Waals surface area contributed by atoms with E-state index in [9.17, 15) is 14.9 Å². The Bertz CT molecular complexity index is 886. The van der Waals surface area contributed by atoms with E-state index in [1.54, 1.807) is 0 Å². The highest BCUT2D eigenvalue weighted by Gasteiger charge is 2.32. The third-order valence-corrected chi connectivity index (χ3v) is 4.64. The molecule has 0 saturated carbocycles. The number of nitrogens with zero attached hydrogens (tertiary/aromatic N) is 1. The molecule has 0 aliphatic rings. The summed E-state index contributed by atoms with van der Waals surface area (Å²) in [6.45, 7) is 4.31. The Morgan fingerprint density at radius 2 is 1.70 bits per heavy atom. The second-order valence-electron chi connectivity index (χ2n) is 6.87. The Kier molecular flexibility index (Phi) is 7.85. The topological polar surface area (TPSA) is 112 Å². The SMILES string of the molecule is COc1cc(C(=O)NCC(Nc2ccccc2)C(C)C)c([N+](=O)[O-])c(OC)c1OC. The predicted molar refractivity (Wildman–Crippen MR) is 114 cm³/mol. The first-order valence-corrected chi connectivity index (χ1v) is 9.41. The van der Waals surface area contributed by atoms with Gasteiger partial charge in [-0.2, -0.15) is 0 Å². The fourth-order valence-corrected chi connectivity index (χ4v) is 3.00. The quantitative estimate of drug-likeness (QED) is 0.449. The summed E-state index contributed by atoms with van der Waals surface area (Å²) in [4.78, 5) is 23.9. The second-order valence-corrected chi connectivity index (χ2v) is 6.87. The number of nitrogens with one attached hydrogen (secondary N) is 2. The number of hydrogen-bond donors (Lipinski definition) is 2. The maximum atomic E-state index is 12.9. The molecule has 9 heteroatoms. The van der Waals surface area contributed by atoms with Crippen LogP contribution in [0.1, 0.15) is 24.2 Å². The summed E-state index contributed by atoms with van der Waals surface area (Å²) in [5, 5.41) is 17.8. The van der Waals surface area contributed by atoms with E-state index < -0.39 is 16.5 Å². The Morgan fingerprint density at radius 3 is 2.20 bits per heavy atom. The number of benzene rings is 2. The van der Waals surface area contributed by atoms with Crippen molar-refractivity contribution in [3.05, 3.63) is 52.1 Å². The summed E-state index contributed by atoms with van der Waals surface area (Å²) in [5.74, 6) is -0.376. The highest BCUT2D eigenvalue weighted by Crippen LogP contribution is 2.46. The first kappa shape index (κ1) is 22.8. The minimum absolute atomic E-state index is 0.0500. The average Bonchev–Trinajstić information content (AvgIpc) is 2.74. The predicted octanol–water partition coefficient (Wildman–Crippen LogP) is 3.49. The molecule has 30 heavy (non-hydrogen) atoms. The number of carbonyl (C=O) groups is 1. The van der Waals surface area contributed by atoms with Crippen LogP contribution in [0.4, 0.5) is 11.4 Å². The van der Waals surface area contributed by atoms with Crippen molar-refractivity contribution in [1.82, 2.24) is 5.32 Å². The first-order valence-electron chi connectivity index (χ1n) is 9.41. The van der Waals surface area contributed by atoms with Gasteiger partial charge in [0.15, 0.2) is 5.75 Å². The van der Waals surface area contributed by atoms with Crippen LogP contribution in [0.25, 0.3) is 0 Å². The zero-order valence-corrected chi connectivity index (χ0v) is 17.7. The standard InChI is InChI=1S/C21H27N3O6/c1-13(2)16(23-14-9-7-6-8-10-14)12-22-21(25)15-11-17(28-3)19(29-4)20(30-5)18(15)24(26)27/h6-11,13,16,23H,12H2,1-5H3,(H,22,25). The van der Waals surface area contributed by atoms with Crippen molar-refractivity contribution >= 4 is 17.3 Å². The van der Waals surface area contributed by atoms with Crippen molar-refractivity contribution in [3.63, 3.8) is 0 Å². The van der Waals surface area contributed by atoms with Crippen LogP contribution in [0, 0.1) is 16.0 Å². The molecule has 0 fully saturated rings. The molecule has 0 spiro atoms. The van der Waals surface area contributed by atoms with Gasteiger partial charge in [0.25, 0.3) is 5.91 Å². The van der Waals surface area contributed by atoms with Crippen LogP contribution in [0.3, 0.4) is 0 Å². The molecular weight excluding hydrogens is 390 g/mol. The van der Waals surface area contributed by atoms with Crippen molar-refractivity contribution in [2.24, 2.45) is 5.92 Å². The van der Waals surface area contributed by atoms with E-state index in [2.05, 4.69) is 10.6 Å².